The molecule has 0 fully saturated rings. The molecule has 0 aliphatic carbocycles. The molecule has 18 heavy (non-hydrogen) atoms. The van der Waals surface area contributed by atoms with Gasteiger partial charge >= 0.3 is 0 Å². The van der Waals surface area contributed by atoms with Gasteiger partial charge in [0.25, 0.3) is 0 Å². The number of aryl methyl sites for hydroxylation is 2. The molecule has 0 spiro atoms. The third-order valence-corrected chi connectivity index (χ3v) is 3.80. The van der Waals surface area contributed by atoms with Crippen molar-refractivity contribution < 1.29 is 0 Å². The van der Waals surface area contributed by atoms with E-state index in [1.54, 1.807) is 0 Å². The van der Waals surface area contributed by atoms with Crippen LogP contribution in [0, 0.1) is 26.7 Å². The first-order valence-electron chi connectivity index (χ1n) is 6.55. The van der Waals surface area contributed by atoms with Gasteiger partial charge in [-0.15, -0.1) is 0 Å². The van der Waals surface area contributed by atoms with Gasteiger partial charge in [-0.25, -0.2) is 9.97 Å². The quantitative estimate of drug-likeness (QED) is 0.905. The molecule has 0 amide bonds. The molecule has 2 N–H and O–H groups in total. The highest BCUT2D eigenvalue weighted by atomic mass is 15.1. The number of nitrogens with zero attached hydrogens (tertiary/aromatic N) is 3. The van der Waals surface area contributed by atoms with Crippen LogP contribution < -0.4 is 5.73 Å². The fourth-order valence-corrected chi connectivity index (χ4v) is 2.34. The van der Waals surface area contributed by atoms with Gasteiger partial charge in [-0.2, -0.15) is 0 Å². The Morgan fingerprint density at radius 2 is 1.89 bits per heavy atom. The van der Waals surface area contributed by atoms with Crippen LogP contribution in [-0.2, 0) is 6.54 Å². The van der Waals surface area contributed by atoms with Gasteiger partial charge in [0.05, 0.1) is 5.39 Å². The van der Waals surface area contributed by atoms with Crippen LogP contribution >= 0.6 is 0 Å². The first-order valence-corrected chi connectivity index (χ1v) is 6.55. The number of fused-ring (bicyclic) bond motifs is 1. The van der Waals surface area contributed by atoms with E-state index in [1.807, 2.05) is 6.92 Å². The van der Waals surface area contributed by atoms with E-state index in [4.69, 9.17) is 5.73 Å². The van der Waals surface area contributed by atoms with Gasteiger partial charge in [0, 0.05) is 12.2 Å². The van der Waals surface area contributed by atoms with Gasteiger partial charge in [-0.1, -0.05) is 20.3 Å². The van der Waals surface area contributed by atoms with Crippen molar-refractivity contribution in [3.05, 3.63) is 17.1 Å². The Bertz CT molecular complexity index is 583. The second-order valence-electron chi connectivity index (χ2n) is 5.19. The molecule has 4 heteroatoms. The van der Waals surface area contributed by atoms with Crippen molar-refractivity contribution in [1.29, 1.82) is 0 Å². The van der Waals surface area contributed by atoms with Crippen molar-refractivity contribution in [3.63, 3.8) is 0 Å². The minimum Gasteiger partial charge on any atom is -0.383 e. The van der Waals surface area contributed by atoms with Gasteiger partial charge in [0.2, 0.25) is 0 Å². The lowest BCUT2D eigenvalue weighted by Gasteiger charge is -2.13. The van der Waals surface area contributed by atoms with Gasteiger partial charge in [-0.3, -0.25) is 0 Å². The molecule has 2 aromatic rings. The van der Waals surface area contributed by atoms with E-state index in [0.717, 1.165) is 29.8 Å². The van der Waals surface area contributed by atoms with Crippen LogP contribution in [0.2, 0.25) is 0 Å². The molecule has 0 saturated heterocycles. The third kappa shape index (κ3) is 1.96. The number of hydrogen-bond acceptors (Lipinski definition) is 3. The zero-order valence-corrected chi connectivity index (χ0v) is 11.9. The summed E-state index contributed by atoms with van der Waals surface area (Å²) < 4.78 is 2.28. The van der Waals surface area contributed by atoms with Crippen LogP contribution in [0.25, 0.3) is 11.0 Å². The van der Waals surface area contributed by atoms with Crippen molar-refractivity contribution in [2.45, 2.75) is 47.6 Å². The van der Waals surface area contributed by atoms with Crippen LogP contribution in [-0.4, -0.2) is 14.5 Å². The predicted molar refractivity (Wildman–Crippen MR) is 75.6 cm³/mol. The minimum atomic E-state index is 0.598. The molecule has 0 saturated carbocycles. The van der Waals surface area contributed by atoms with Crippen molar-refractivity contribution in [2.75, 3.05) is 5.73 Å². The zero-order valence-electron chi connectivity index (χ0n) is 11.9. The summed E-state index contributed by atoms with van der Waals surface area (Å²) in [6.07, 6.45) is 1.16. The second-order valence-corrected chi connectivity index (χ2v) is 5.19. The standard InChI is InChI=1S/C14H22N4/c1-6-8(2)7-18-10(4)9(3)12-13(15)16-11(5)17-14(12)18/h8H,6-7H2,1-5H3,(H2,15,16,17). The van der Waals surface area contributed by atoms with Gasteiger partial charge in [0.15, 0.2) is 0 Å². The number of nitrogens with two attached hydrogens (primary N) is 1. The van der Waals surface area contributed by atoms with Crippen molar-refractivity contribution in [3.8, 4) is 0 Å². The molecule has 4 nitrogen and oxygen atoms in total. The lowest BCUT2D eigenvalue weighted by molar-refractivity contribution is 0.470. The van der Waals surface area contributed by atoms with Crippen LogP contribution in [0.5, 0.6) is 0 Å². The molecule has 2 rings (SSSR count). The number of nitrogen functional groups attached to an aromatic ring is 1. The lowest BCUT2D eigenvalue weighted by Crippen LogP contribution is -2.09. The van der Waals surface area contributed by atoms with Gasteiger partial charge in [0.1, 0.15) is 17.3 Å². The summed E-state index contributed by atoms with van der Waals surface area (Å²) in [6, 6.07) is 0. The largest absolute Gasteiger partial charge is 0.383 e. The average Bonchev–Trinajstić information content (AvgIpc) is 2.54. The van der Waals surface area contributed by atoms with E-state index in [1.165, 1.54) is 11.3 Å². The first kappa shape index (κ1) is 12.9. The topological polar surface area (TPSA) is 56.7 Å². The maximum atomic E-state index is 6.04. The highest BCUT2D eigenvalue weighted by Gasteiger charge is 2.17. The van der Waals surface area contributed by atoms with Gasteiger partial charge < -0.3 is 10.3 Å². The number of anilines is 1. The molecule has 1 unspecified atom stereocenters. The minimum absolute atomic E-state index is 0.598. The fourth-order valence-electron chi connectivity index (χ4n) is 2.34. The highest BCUT2D eigenvalue weighted by molar-refractivity contribution is 5.91. The molecule has 0 aliphatic rings. The summed E-state index contributed by atoms with van der Waals surface area (Å²) in [5, 5.41) is 1.02. The Hall–Kier alpha value is -1.58. The second kappa shape index (κ2) is 4.59. The Balaban J connectivity index is 2.69. The van der Waals surface area contributed by atoms with Crippen molar-refractivity contribution in [1.82, 2.24) is 14.5 Å². The molecule has 2 heterocycles. The van der Waals surface area contributed by atoms with E-state index in [-0.39, 0.29) is 0 Å². The Kier molecular flexibility index (Phi) is 3.28. The highest BCUT2D eigenvalue weighted by Crippen LogP contribution is 2.28. The summed E-state index contributed by atoms with van der Waals surface area (Å²) in [5.41, 5.74) is 9.47. The fraction of sp³-hybridized carbons (Fsp3) is 0.571. The summed E-state index contributed by atoms with van der Waals surface area (Å²) in [6.45, 7) is 11.6. The molecule has 0 aliphatic heterocycles. The smallest absolute Gasteiger partial charge is 0.146 e. The monoisotopic (exact) mass is 246 g/mol. The summed E-state index contributed by atoms with van der Waals surface area (Å²) >= 11 is 0. The summed E-state index contributed by atoms with van der Waals surface area (Å²) in [4.78, 5) is 8.85. The zero-order chi connectivity index (χ0) is 13.4. The maximum absolute atomic E-state index is 6.04. The van der Waals surface area contributed by atoms with Crippen LogP contribution in [0.15, 0.2) is 0 Å². The van der Waals surface area contributed by atoms with Crippen LogP contribution in [0.3, 0.4) is 0 Å². The van der Waals surface area contributed by atoms with E-state index < -0.39 is 0 Å². The molecule has 98 valence electrons. The normalized spacial score (nSPS) is 13.2. The summed E-state index contributed by atoms with van der Waals surface area (Å²) in [5.74, 6) is 1.97. The summed E-state index contributed by atoms with van der Waals surface area (Å²) in [7, 11) is 0. The molecular formula is C14H22N4. The van der Waals surface area contributed by atoms with E-state index >= 15 is 0 Å². The molecule has 0 aromatic carbocycles. The van der Waals surface area contributed by atoms with Crippen molar-refractivity contribution >= 4 is 16.9 Å². The third-order valence-electron chi connectivity index (χ3n) is 3.80. The Morgan fingerprint density at radius 1 is 1.22 bits per heavy atom. The Labute approximate surface area is 108 Å². The number of aromatic nitrogens is 3. The van der Waals surface area contributed by atoms with Crippen LogP contribution in [0.4, 0.5) is 5.82 Å². The molecule has 1 atom stereocenters. The molecular weight excluding hydrogens is 224 g/mol. The predicted octanol–water partition coefficient (Wildman–Crippen LogP) is 2.98. The Morgan fingerprint density at radius 3 is 2.50 bits per heavy atom. The van der Waals surface area contributed by atoms with E-state index in [9.17, 15) is 0 Å². The van der Waals surface area contributed by atoms with Gasteiger partial charge in [-0.05, 0) is 32.3 Å². The number of hydrogen-bond donors (Lipinski definition) is 1. The van der Waals surface area contributed by atoms with Crippen molar-refractivity contribution in [2.24, 2.45) is 5.92 Å². The lowest BCUT2D eigenvalue weighted by atomic mass is 10.1. The van der Waals surface area contributed by atoms with Crippen LogP contribution in [0.1, 0.15) is 37.4 Å². The van der Waals surface area contributed by atoms with E-state index in [2.05, 4.69) is 42.2 Å². The number of rotatable bonds is 3. The molecule has 0 radical (unpaired) electrons. The molecule has 2 aromatic heterocycles. The SMILES string of the molecule is CCC(C)Cn1c(C)c(C)c2c(N)nc(C)nc21. The average molecular weight is 246 g/mol. The maximum Gasteiger partial charge on any atom is 0.146 e. The molecule has 0 bridgehead atoms. The first-order chi connectivity index (χ1) is 8.45. The van der Waals surface area contributed by atoms with E-state index in [0.29, 0.717) is 11.7 Å².